The molecule has 98 valence electrons. The number of nitrogens with one attached hydrogen (secondary N) is 1. The van der Waals surface area contributed by atoms with Crippen LogP contribution in [0, 0.1) is 0 Å². The van der Waals surface area contributed by atoms with E-state index < -0.39 is 0 Å². The van der Waals surface area contributed by atoms with E-state index in [9.17, 15) is 0 Å². The largest absolute Gasteiger partial charge is 0.360 e. The third-order valence-corrected chi connectivity index (χ3v) is 4.16. The summed E-state index contributed by atoms with van der Waals surface area (Å²) in [7, 11) is 0. The topological polar surface area (TPSA) is 28.2 Å². The number of halogens is 1. The fourth-order valence-corrected chi connectivity index (χ4v) is 3.00. The van der Waals surface area contributed by atoms with Gasteiger partial charge in [-0.15, -0.1) is 0 Å². The molecule has 2 rings (SSSR count). The Hall–Kier alpha value is -0.840. The van der Waals surface area contributed by atoms with E-state index in [2.05, 4.69) is 29.0 Å². The monoisotopic (exact) mass is 283 g/mol. The van der Waals surface area contributed by atoms with Gasteiger partial charge in [-0.1, -0.05) is 36.8 Å². The third-order valence-electron chi connectivity index (χ3n) is 2.95. The van der Waals surface area contributed by atoms with Crippen LogP contribution in [0.3, 0.4) is 0 Å². The van der Waals surface area contributed by atoms with Crippen LogP contribution in [0.15, 0.2) is 18.2 Å². The van der Waals surface area contributed by atoms with Gasteiger partial charge >= 0.3 is 0 Å². The Morgan fingerprint density at radius 3 is 2.83 bits per heavy atom. The van der Waals surface area contributed by atoms with Crippen LogP contribution in [0.25, 0.3) is 10.2 Å². The second-order valence-corrected chi connectivity index (χ2v) is 5.55. The molecule has 0 spiro atoms. The molecular formula is C13H18ClN3S. The number of fused-ring (bicyclic) bond motifs is 1. The highest BCUT2D eigenvalue weighted by molar-refractivity contribution is 7.22. The average Bonchev–Trinajstić information content (AvgIpc) is 2.76. The van der Waals surface area contributed by atoms with E-state index in [-0.39, 0.29) is 0 Å². The Labute approximate surface area is 117 Å². The summed E-state index contributed by atoms with van der Waals surface area (Å²) in [4.78, 5) is 6.92. The van der Waals surface area contributed by atoms with Crippen LogP contribution >= 0.6 is 22.9 Å². The SMILES string of the molecule is CCN(CC)CCNc1nc2ccc(Cl)cc2s1. The van der Waals surface area contributed by atoms with Gasteiger partial charge in [0.25, 0.3) is 0 Å². The maximum Gasteiger partial charge on any atom is 0.183 e. The first-order valence-electron chi connectivity index (χ1n) is 6.25. The summed E-state index contributed by atoms with van der Waals surface area (Å²) >= 11 is 7.62. The van der Waals surface area contributed by atoms with E-state index in [1.54, 1.807) is 11.3 Å². The smallest absolute Gasteiger partial charge is 0.183 e. The average molecular weight is 284 g/mol. The maximum atomic E-state index is 5.96. The highest BCUT2D eigenvalue weighted by Gasteiger charge is 2.04. The molecule has 0 fully saturated rings. The van der Waals surface area contributed by atoms with Crippen LogP contribution in [0.1, 0.15) is 13.8 Å². The molecule has 0 amide bonds. The molecule has 0 saturated heterocycles. The summed E-state index contributed by atoms with van der Waals surface area (Å²) in [5, 5.41) is 5.11. The van der Waals surface area contributed by atoms with Crippen molar-refractivity contribution in [2.45, 2.75) is 13.8 Å². The van der Waals surface area contributed by atoms with E-state index in [4.69, 9.17) is 11.6 Å². The Balaban J connectivity index is 1.95. The van der Waals surface area contributed by atoms with Crippen molar-refractivity contribution in [2.24, 2.45) is 0 Å². The summed E-state index contributed by atoms with van der Waals surface area (Å²) < 4.78 is 1.13. The molecular weight excluding hydrogens is 266 g/mol. The van der Waals surface area contributed by atoms with Gasteiger partial charge in [0.15, 0.2) is 5.13 Å². The normalized spacial score (nSPS) is 11.3. The lowest BCUT2D eigenvalue weighted by atomic mass is 10.3. The van der Waals surface area contributed by atoms with E-state index in [0.29, 0.717) is 0 Å². The third kappa shape index (κ3) is 3.34. The molecule has 0 atom stereocenters. The summed E-state index contributed by atoms with van der Waals surface area (Å²) in [6, 6.07) is 5.80. The number of thiazole rings is 1. The molecule has 1 aromatic carbocycles. The van der Waals surface area contributed by atoms with E-state index in [1.165, 1.54) is 0 Å². The number of benzene rings is 1. The van der Waals surface area contributed by atoms with Gasteiger partial charge in [-0.3, -0.25) is 0 Å². The molecule has 5 heteroatoms. The van der Waals surface area contributed by atoms with Crippen molar-refractivity contribution in [1.82, 2.24) is 9.88 Å². The van der Waals surface area contributed by atoms with Gasteiger partial charge in [-0.25, -0.2) is 4.98 Å². The van der Waals surface area contributed by atoms with Crippen molar-refractivity contribution in [2.75, 3.05) is 31.5 Å². The fourth-order valence-electron chi connectivity index (χ4n) is 1.83. The second kappa shape index (κ2) is 6.36. The highest BCUT2D eigenvalue weighted by atomic mass is 35.5. The van der Waals surface area contributed by atoms with Crippen molar-refractivity contribution in [1.29, 1.82) is 0 Å². The van der Waals surface area contributed by atoms with E-state index >= 15 is 0 Å². The quantitative estimate of drug-likeness (QED) is 0.876. The molecule has 0 bridgehead atoms. The number of rotatable bonds is 6. The number of likely N-dealkylation sites (N-methyl/N-ethyl adjacent to an activating group) is 1. The van der Waals surface area contributed by atoms with Gasteiger partial charge < -0.3 is 10.2 Å². The zero-order chi connectivity index (χ0) is 13.0. The van der Waals surface area contributed by atoms with Crippen molar-refractivity contribution >= 4 is 38.3 Å². The molecule has 0 radical (unpaired) electrons. The molecule has 0 saturated carbocycles. The molecule has 1 N–H and O–H groups in total. The Morgan fingerprint density at radius 1 is 1.33 bits per heavy atom. The minimum Gasteiger partial charge on any atom is -0.360 e. The lowest BCUT2D eigenvalue weighted by molar-refractivity contribution is 0.316. The van der Waals surface area contributed by atoms with Gasteiger partial charge in [-0.05, 0) is 31.3 Å². The summed E-state index contributed by atoms with van der Waals surface area (Å²) in [6.45, 7) is 8.52. The van der Waals surface area contributed by atoms with Crippen molar-refractivity contribution < 1.29 is 0 Å². The predicted octanol–water partition coefficient (Wildman–Crippen LogP) is 3.70. The molecule has 0 aliphatic rings. The summed E-state index contributed by atoms with van der Waals surface area (Å²) in [5.41, 5.74) is 1.01. The van der Waals surface area contributed by atoms with E-state index in [0.717, 1.165) is 46.5 Å². The minimum atomic E-state index is 0.765. The van der Waals surface area contributed by atoms with Gasteiger partial charge in [0.1, 0.15) is 0 Å². The van der Waals surface area contributed by atoms with Gasteiger partial charge in [0.2, 0.25) is 0 Å². The van der Waals surface area contributed by atoms with Crippen LogP contribution < -0.4 is 5.32 Å². The predicted molar refractivity (Wildman–Crippen MR) is 80.9 cm³/mol. The zero-order valence-electron chi connectivity index (χ0n) is 10.7. The fraction of sp³-hybridized carbons (Fsp3) is 0.462. The van der Waals surface area contributed by atoms with Crippen LogP contribution in [0.5, 0.6) is 0 Å². The first kappa shape index (κ1) is 13.6. The maximum absolute atomic E-state index is 5.96. The van der Waals surface area contributed by atoms with Gasteiger partial charge in [0.05, 0.1) is 10.2 Å². The number of hydrogen-bond donors (Lipinski definition) is 1. The highest BCUT2D eigenvalue weighted by Crippen LogP contribution is 2.27. The Kier molecular flexibility index (Phi) is 4.80. The number of hydrogen-bond acceptors (Lipinski definition) is 4. The Bertz CT molecular complexity index is 508. The first-order chi connectivity index (χ1) is 8.72. The second-order valence-electron chi connectivity index (χ2n) is 4.08. The lowest BCUT2D eigenvalue weighted by Crippen LogP contribution is -2.28. The summed E-state index contributed by atoms with van der Waals surface area (Å²) in [6.07, 6.45) is 0. The van der Waals surface area contributed by atoms with Crippen molar-refractivity contribution in [3.63, 3.8) is 0 Å². The van der Waals surface area contributed by atoms with Crippen molar-refractivity contribution in [3.05, 3.63) is 23.2 Å². The molecule has 0 aliphatic heterocycles. The molecule has 0 aliphatic carbocycles. The van der Waals surface area contributed by atoms with Crippen molar-refractivity contribution in [3.8, 4) is 0 Å². The minimum absolute atomic E-state index is 0.765. The number of aromatic nitrogens is 1. The summed E-state index contributed by atoms with van der Waals surface area (Å²) in [5.74, 6) is 0. The lowest BCUT2D eigenvalue weighted by Gasteiger charge is -2.17. The number of nitrogens with zero attached hydrogens (tertiary/aromatic N) is 2. The van der Waals surface area contributed by atoms with Crippen LogP contribution in [0.2, 0.25) is 5.02 Å². The molecule has 1 aromatic heterocycles. The van der Waals surface area contributed by atoms with E-state index in [1.807, 2.05) is 18.2 Å². The molecule has 2 aromatic rings. The molecule has 0 unspecified atom stereocenters. The van der Waals surface area contributed by atoms with Gasteiger partial charge in [-0.2, -0.15) is 0 Å². The first-order valence-corrected chi connectivity index (χ1v) is 7.44. The molecule has 18 heavy (non-hydrogen) atoms. The Morgan fingerprint density at radius 2 is 2.11 bits per heavy atom. The molecule has 1 heterocycles. The molecule has 3 nitrogen and oxygen atoms in total. The number of anilines is 1. The van der Waals surface area contributed by atoms with Crippen LogP contribution in [-0.2, 0) is 0 Å². The standard InChI is InChI=1S/C13H18ClN3S/c1-3-17(4-2)8-7-15-13-16-11-6-5-10(14)9-12(11)18-13/h5-6,9H,3-4,7-8H2,1-2H3,(H,15,16). The van der Waals surface area contributed by atoms with Crippen LogP contribution in [-0.4, -0.2) is 36.1 Å². The van der Waals surface area contributed by atoms with Crippen LogP contribution in [0.4, 0.5) is 5.13 Å². The van der Waals surface area contributed by atoms with Gasteiger partial charge in [0, 0.05) is 18.1 Å². The zero-order valence-corrected chi connectivity index (χ0v) is 12.3.